The Morgan fingerprint density at radius 1 is 1.17 bits per heavy atom. The maximum absolute atomic E-state index is 12.8. The number of ketones is 1. The summed E-state index contributed by atoms with van der Waals surface area (Å²) < 4.78 is 1.16. The molecule has 0 unspecified atom stereocenters. The van der Waals surface area contributed by atoms with Crippen LogP contribution < -0.4 is 5.56 Å². The third-order valence-electron chi connectivity index (χ3n) is 3.93. The fraction of sp³-hybridized carbons (Fsp3) is 0. The number of carboxylic acid groups (broad SMARTS) is 1. The number of hydrogen-bond donors (Lipinski definition) is 1. The van der Waals surface area contributed by atoms with E-state index >= 15 is 0 Å². The molecule has 1 N–H and O–H groups in total. The molecular formula is C17H7N3O4. The molecule has 3 aromatic rings. The molecule has 114 valence electrons. The zero-order valence-electron chi connectivity index (χ0n) is 12.0. The first-order chi connectivity index (χ1) is 11.5. The van der Waals surface area contributed by atoms with E-state index in [9.17, 15) is 14.4 Å². The second-order valence-electron chi connectivity index (χ2n) is 5.29. The predicted molar refractivity (Wildman–Crippen MR) is 82.4 cm³/mol. The Kier molecular flexibility index (Phi) is 2.65. The summed E-state index contributed by atoms with van der Waals surface area (Å²) >= 11 is 0. The van der Waals surface area contributed by atoms with Crippen molar-refractivity contribution in [2.24, 2.45) is 0 Å². The minimum Gasteiger partial charge on any atom is -0.478 e. The largest absolute Gasteiger partial charge is 0.478 e. The number of nitrogens with zero attached hydrogens (tertiary/aromatic N) is 3. The van der Waals surface area contributed by atoms with Gasteiger partial charge in [-0.05, 0) is 36.4 Å². The molecule has 24 heavy (non-hydrogen) atoms. The molecule has 0 atom stereocenters. The number of hydrogen-bond acceptors (Lipinski definition) is 5. The third kappa shape index (κ3) is 1.71. The minimum atomic E-state index is -1.16. The maximum Gasteiger partial charge on any atom is 0.335 e. The van der Waals surface area contributed by atoms with Crippen molar-refractivity contribution in [2.75, 3.05) is 0 Å². The highest BCUT2D eigenvalue weighted by molar-refractivity contribution is 6.13. The van der Waals surface area contributed by atoms with E-state index in [4.69, 9.17) is 10.4 Å². The minimum absolute atomic E-state index is 0.0358. The van der Waals surface area contributed by atoms with E-state index < -0.39 is 17.3 Å². The van der Waals surface area contributed by atoms with Gasteiger partial charge in [-0.1, -0.05) is 0 Å². The van der Waals surface area contributed by atoms with Crippen molar-refractivity contribution in [3.63, 3.8) is 0 Å². The van der Waals surface area contributed by atoms with E-state index in [0.717, 1.165) is 4.57 Å². The van der Waals surface area contributed by atoms with Crippen LogP contribution >= 0.6 is 0 Å². The summed E-state index contributed by atoms with van der Waals surface area (Å²) in [5.74, 6) is -1.64. The van der Waals surface area contributed by atoms with Gasteiger partial charge in [0.05, 0.1) is 39.3 Å². The SMILES string of the molecule is N#Cc1ccc2c(c1)C(=O)c1nc3ccc(C(=O)O)cc3c(=O)n1-2. The van der Waals surface area contributed by atoms with Crippen LogP contribution in [0.2, 0.25) is 0 Å². The van der Waals surface area contributed by atoms with Gasteiger partial charge in [-0.3, -0.25) is 14.2 Å². The van der Waals surface area contributed by atoms with Crippen molar-refractivity contribution in [2.45, 2.75) is 0 Å². The van der Waals surface area contributed by atoms with Crippen LogP contribution in [0.1, 0.15) is 32.1 Å². The standard InChI is InChI=1S/C17H7N3O4/c18-7-8-1-4-13-11(5-8)14(21)15-19-12-3-2-9(17(23)24)6-10(12)16(22)20(13)15/h1-6H,(H,23,24). The lowest BCUT2D eigenvalue weighted by Gasteiger charge is -2.06. The average Bonchev–Trinajstić information content (AvgIpc) is 2.87. The van der Waals surface area contributed by atoms with Crippen molar-refractivity contribution in [1.82, 2.24) is 9.55 Å². The Morgan fingerprint density at radius 3 is 2.67 bits per heavy atom. The fourth-order valence-electron chi connectivity index (χ4n) is 2.80. The van der Waals surface area contributed by atoms with Gasteiger partial charge in [0.25, 0.3) is 5.56 Å². The zero-order chi connectivity index (χ0) is 17.0. The first-order valence-corrected chi connectivity index (χ1v) is 6.90. The molecule has 1 aliphatic rings. The quantitative estimate of drug-likeness (QED) is 0.569. The van der Waals surface area contributed by atoms with Crippen molar-refractivity contribution in [3.8, 4) is 11.8 Å². The highest BCUT2D eigenvalue weighted by Gasteiger charge is 2.30. The van der Waals surface area contributed by atoms with Gasteiger partial charge in [-0.25, -0.2) is 9.78 Å². The highest BCUT2D eigenvalue weighted by atomic mass is 16.4. The number of fused-ring (bicyclic) bond motifs is 4. The van der Waals surface area contributed by atoms with E-state index in [2.05, 4.69) is 4.98 Å². The summed E-state index contributed by atoms with van der Waals surface area (Å²) in [6.07, 6.45) is 0. The summed E-state index contributed by atoms with van der Waals surface area (Å²) in [6, 6.07) is 10.4. The van der Waals surface area contributed by atoms with E-state index in [1.54, 1.807) is 0 Å². The number of nitriles is 1. The summed E-state index contributed by atoms with van der Waals surface area (Å²) in [7, 11) is 0. The van der Waals surface area contributed by atoms with Gasteiger partial charge in [0.15, 0.2) is 5.82 Å². The molecule has 0 bridgehead atoms. The van der Waals surface area contributed by atoms with Crippen molar-refractivity contribution in [3.05, 3.63) is 69.3 Å². The Labute approximate surface area is 134 Å². The van der Waals surface area contributed by atoms with Crippen molar-refractivity contribution in [1.29, 1.82) is 5.26 Å². The first-order valence-electron chi connectivity index (χ1n) is 6.90. The summed E-state index contributed by atoms with van der Waals surface area (Å²) in [6.45, 7) is 0. The van der Waals surface area contributed by atoms with Crippen LogP contribution in [0.3, 0.4) is 0 Å². The number of aromatic nitrogens is 2. The van der Waals surface area contributed by atoms with E-state index in [1.165, 1.54) is 36.4 Å². The van der Waals surface area contributed by atoms with Gasteiger partial charge in [-0.15, -0.1) is 0 Å². The number of rotatable bonds is 1. The maximum atomic E-state index is 12.8. The number of aromatic carboxylic acids is 1. The Hall–Kier alpha value is -3.79. The molecule has 0 radical (unpaired) electrons. The monoisotopic (exact) mass is 317 g/mol. The molecule has 0 spiro atoms. The van der Waals surface area contributed by atoms with Crippen LogP contribution in [0, 0.1) is 11.3 Å². The molecule has 0 fully saturated rings. The molecule has 2 heterocycles. The molecule has 4 rings (SSSR count). The van der Waals surface area contributed by atoms with Crippen LogP contribution in [0.5, 0.6) is 0 Å². The topological polar surface area (TPSA) is 113 Å². The molecule has 0 amide bonds. The van der Waals surface area contributed by atoms with Crippen LogP contribution in [0.15, 0.2) is 41.2 Å². The van der Waals surface area contributed by atoms with Gasteiger partial charge in [0.1, 0.15) is 0 Å². The first kappa shape index (κ1) is 13.8. The summed E-state index contributed by atoms with van der Waals surface area (Å²) in [4.78, 5) is 40.6. The van der Waals surface area contributed by atoms with Gasteiger partial charge in [-0.2, -0.15) is 5.26 Å². The van der Waals surface area contributed by atoms with Crippen LogP contribution in [0.25, 0.3) is 16.6 Å². The summed E-state index contributed by atoms with van der Waals surface area (Å²) in [5.41, 5.74) is 0.571. The molecule has 0 saturated carbocycles. The van der Waals surface area contributed by atoms with E-state index in [-0.39, 0.29) is 27.9 Å². The number of carbonyl (C=O) groups is 2. The van der Waals surface area contributed by atoms with E-state index in [1.807, 2.05) is 6.07 Å². The van der Waals surface area contributed by atoms with Crippen LogP contribution in [-0.4, -0.2) is 26.4 Å². The molecule has 1 aliphatic heterocycles. The lowest BCUT2D eigenvalue weighted by Crippen LogP contribution is -2.21. The Morgan fingerprint density at radius 2 is 1.96 bits per heavy atom. The second kappa shape index (κ2) is 4.60. The van der Waals surface area contributed by atoms with Crippen molar-refractivity contribution < 1.29 is 14.7 Å². The zero-order valence-corrected chi connectivity index (χ0v) is 12.0. The number of carboxylic acids is 1. The van der Waals surface area contributed by atoms with Gasteiger partial charge >= 0.3 is 5.97 Å². The normalized spacial score (nSPS) is 11.9. The molecule has 0 aliphatic carbocycles. The lowest BCUT2D eigenvalue weighted by atomic mass is 10.1. The van der Waals surface area contributed by atoms with Crippen LogP contribution in [-0.2, 0) is 0 Å². The predicted octanol–water partition coefficient (Wildman–Crippen LogP) is 1.50. The second-order valence-corrected chi connectivity index (χ2v) is 5.29. The molecule has 7 heteroatoms. The van der Waals surface area contributed by atoms with Gasteiger partial charge in [0.2, 0.25) is 5.78 Å². The number of carbonyl (C=O) groups excluding carboxylic acids is 1. The number of benzene rings is 2. The summed E-state index contributed by atoms with van der Waals surface area (Å²) in [5, 5.41) is 18.1. The molecule has 1 aromatic heterocycles. The molecular weight excluding hydrogens is 310 g/mol. The smallest absolute Gasteiger partial charge is 0.335 e. The Balaban J connectivity index is 2.09. The van der Waals surface area contributed by atoms with Gasteiger partial charge in [0, 0.05) is 0 Å². The average molecular weight is 317 g/mol. The molecule has 7 nitrogen and oxygen atoms in total. The van der Waals surface area contributed by atoms with Gasteiger partial charge < -0.3 is 5.11 Å². The van der Waals surface area contributed by atoms with Crippen LogP contribution in [0.4, 0.5) is 0 Å². The Bertz CT molecular complexity index is 1180. The highest BCUT2D eigenvalue weighted by Crippen LogP contribution is 2.27. The lowest BCUT2D eigenvalue weighted by molar-refractivity contribution is 0.0697. The molecule has 0 saturated heterocycles. The molecule has 2 aromatic carbocycles. The van der Waals surface area contributed by atoms with E-state index in [0.29, 0.717) is 11.3 Å². The fourth-order valence-corrected chi connectivity index (χ4v) is 2.80. The third-order valence-corrected chi connectivity index (χ3v) is 3.93. The van der Waals surface area contributed by atoms with Crippen molar-refractivity contribution >= 4 is 22.7 Å².